The molecule has 0 spiro atoms. The zero-order valence-electron chi connectivity index (χ0n) is 3.72. The Balaban J connectivity index is -0.00000000267. The second-order valence-corrected chi connectivity index (χ2v) is 0. The van der Waals surface area contributed by atoms with E-state index >= 15 is 0 Å². The summed E-state index contributed by atoms with van der Waals surface area (Å²) in [6.45, 7) is 0. The average Bonchev–Trinajstić information content (AvgIpc) is 1.50. The van der Waals surface area contributed by atoms with Crippen molar-refractivity contribution in [3.8, 4) is 0 Å². The zero-order chi connectivity index (χ0) is 4.00. The summed E-state index contributed by atoms with van der Waals surface area (Å²) < 4.78 is 16.8. The van der Waals surface area contributed by atoms with Crippen LogP contribution >= 0.6 is 0 Å². The molecule has 0 saturated heterocycles. The second-order valence-electron chi connectivity index (χ2n) is 0. The van der Waals surface area contributed by atoms with E-state index in [1.807, 2.05) is 0 Å². The normalized spacial score (nSPS) is 1.14. The Labute approximate surface area is 106 Å². The van der Waals surface area contributed by atoms with Gasteiger partial charge in [0.05, 0.1) is 0 Å². The average molecular weight is 677 g/mol. The topological polar surface area (TPSA) is 62.6 Å². The summed E-state index contributed by atoms with van der Waals surface area (Å²) in [5, 5.41) is 0. The molecule has 7 heavy (non-hydrogen) atoms. The van der Waals surface area contributed by atoms with Crippen LogP contribution in [0.15, 0.2) is 0 Å². The number of hydrogen-bond donors (Lipinski definition) is 0. The Kier molecular flexibility index (Phi) is 305. The molecule has 0 fully saturated rings. The minimum Gasteiger partial charge on any atom is 2.00 e. The van der Waals surface area contributed by atoms with E-state index in [0.29, 0.717) is 0 Å². The summed E-state index contributed by atoms with van der Waals surface area (Å²) in [6.07, 6.45) is 0. The van der Waals surface area contributed by atoms with Gasteiger partial charge in [-0.1, -0.05) is 0 Å². The molecule has 0 atom stereocenters. The molecule has 0 aromatic rings. The van der Waals surface area contributed by atoms with Crippen LogP contribution in [0.25, 0.3) is 0 Å². The molecular formula is LiO3Pb3+. The van der Waals surface area contributed by atoms with Crippen molar-refractivity contribution >= 4 is 78.9 Å². The third-order valence-electron chi connectivity index (χ3n) is 0. The van der Waals surface area contributed by atoms with Crippen molar-refractivity contribution in [1.82, 2.24) is 0 Å². The number of rotatable bonds is 0. The summed E-state index contributed by atoms with van der Waals surface area (Å²) in [4.78, 5) is 0. The van der Waals surface area contributed by atoms with Crippen molar-refractivity contribution in [3.63, 3.8) is 0 Å². The summed E-state index contributed by atoms with van der Waals surface area (Å²) in [5.41, 5.74) is 0. The predicted octanol–water partition coefficient (Wildman–Crippen LogP) is -4.49. The molecule has 6 radical (unpaired) electrons. The molecule has 0 heterocycles. The fraction of sp³-hybridized carbons (Fsp3) is 0. The second kappa shape index (κ2) is 65.5. The van der Waals surface area contributed by atoms with Crippen molar-refractivity contribution < 1.29 is 29.7 Å². The summed E-state index contributed by atoms with van der Waals surface area (Å²) in [6, 6.07) is 0. The standard InChI is InChI=1S/Li.3O.3Pb/q+1;;;-2;;;+2. The van der Waals surface area contributed by atoms with Crippen LogP contribution in [0.4, 0.5) is 0 Å². The van der Waals surface area contributed by atoms with Crippen molar-refractivity contribution in [2.24, 2.45) is 0 Å². The van der Waals surface area contributed by atoms with Crippen LogP contribution in [0.3, 0.4) is 0 Å². The first kappa shape index (κ1) is 32.6. The maximum Gasteiger partial charge on any atom is 2.00 e. The van der Waals surface area contributed by atoms with Gasteiger partial charge < -0.3 is 5.48 Å². The van der Waals surface area contributed by atoms with E-state index in [1.54, 1.807) is 0 Å². The third-order valence-corrected chi connectivity index (χ3v) is 0. The molecule has 0 N–H and O–H groups in total. The van der Waals surface area contributed by atoms with Gasteiger partial charge in [0.2, 0.25) is 0 Å². The first-order chi connectivity index (χ1) is 2.00. The summed E-state index contributed by atoms with van der Waals surface area (Å²) in [5.74, 6) is 0. The molecule has 0 amide bonds. The van der Waals surface area contributed by atoms with Crippen LogP contribution in [0.2, 0.25) is 0 Å². The summed E-state index contributed by atoms with van der Waals surface area (Å²) in [7, 11) is 0. The predicted molar refractivity (Wildman–Crippen MR) is 19.3 cm³/mol. The van der Waals surface area contributed by atoms with Crippen LogP contribution in [-0.2, 0) is 10.8 Å². The molecule has 7 heteroatoms. The SMILES string of the molecule is [Li+].[O-2].[O]=[Pb].[O]=[Pb].[Pb+2]. The molecule has 0 unspecified atom stereocenters. The fourth-order valence-corrected chi connectivity index (χ4v) is 0. The first-order valence-electron chi connectivity index (χ1n) is 0.408. The van der Waals surface area contributed by atoms with Crippen molar-refractivity contribution in [1.29, 1.82) is 0 Å². The van der Waals surface area contributed by atoms with Crippen LogP contribution < -0.4 is 18.9 Å². The maximum absolute atomic E-state index is 8.39. The molecule has 0 saturated carbocycles. The molecule has 30 valence electrons. The van der Waals surface area contributed by atoms with Gasteiger partial charge >= 0.3 is 103 Å². The summed E-state index contributed by atoms with van der Waals surface area (Å²) >= 11 is 0.111. The Morgan fingerprint density at radius 2 is 0.857 bits per heavy atom. The van der Waals surface area contributed by atoms with Gasteiger partial charge in [-0.3, -0.25) is 0 Å². The molecule has 0 bridgehead atoms. The van der Waals surface area contributed by atoms with Gasteiger partial charge in [0.1, 0.15) is 0 Å². The first-order valence-corrected chi connectivity index (χ1v) is 3.58. The van der Waals surface area contributed by atoms with E-state index in [4.69, 9.17) is 5.37 Å². The van der Waals surface area contributed by atoms with E-state index in [0.717, 1.165) is 0 Å². The quantitative estimate of drug-likeness (QED) is 0.243. The van der Waals surface area contributed by atoms with E-state index in [1.165, 1.54) is 0 Å². The van der Waals surface area contributed by atoms with Crippen LogP contribution in [0.1, 0.15) is 0 Å². The Morgan fingerprint density at radius 3 is 0.857 bits per heavy atom. The van der Waals surface area contributed by atoms with Crippen molar-refractivity contribution in [3.05, 3.63) is 0 Å². The van der Waals surface area contributed by atoms with Gasteiger partial charge in [-0.05, 0) is 0 Å². The van der Waals surface area contributed by atoms with E-state index < -0.39 is 0 Å². The maximum atomic E-state index is 8.39. The van der Waals surface area contributed by atoms with Gasteiger partial charge in [-0.15, -0.1) is 0 Å². The monoisotopic (exact) mass is 679 g/mol. The largest absolute Gasteiger partial charge is 2.00 e. The minimum absolute atomic E-state index is 0. The van der Waals surface area contributed by atoms with E-state index in [9.17, 15) is 0 Å². The Hall–Kier alpha value is 2.92. The molecule has 3 nitrogen and oxygen atoms in total. The van der Waals surface area contributed by atoms with Gasteiger partial charge in [-0.2, -0.15) is 0 Å². The minimum atomic E-state index is 0. The third kappa shape index (κ3) is 50.0. The van der Waals surface area contributed by atoms with Gasteiger partial charge in [-0.25, -0.2) is 0 Å². The van der Waals surface area contributed by atoms with Crippen LogP contribution in [-0.4, -0.2) is 78.9 Å². The molecule has 0 aliphatic heterocycles. The Bertz CT molecular complexity index is 12.1. The van der Waals surface area contributed by atoms with E-state index in [2.05, 4.69) is 0 Å². The molecule has 0 aromatic carbocycles. The molecule has 0 aromatic heterocycles. The molecule has 0 aliphatic carbocycles. The van der Waals surface area contributed by atoms with Gasteiger partial charge in [0, 0.05) is 0 Å². The van der Waals surface area contributed by atoms with Crippen molar-refractivity contribution in [2.75, 3.05) is 0 Å². The molecule has 0 rings (SSSR count). The van der Waals surface area contributed by atoms with Crippen LogP contribution in [0, 0.1) is 0 Å². The number of hydrogen-bond acceptors (Lipinski definition) is 2. The fourth-order valence-electron chi connectivity index (χ4n) is 0. The molecule has 0 aliphatic rings. The van der Waals surface area contributed by atoms with Gasteiger partial charge in [0.15, 0.2) is 0 Å². The molecular weight excluding hydrogens is 677 g/mol. The smallest absolute Gasteiger partial charge is 2.00 e. The van der Waals surface area contributed by atoms with Gasteiger partial charge in [0.25, 0.3) is 0 Å². The van der Waals surface area contributed by atoms with Crippen LogP contribution in [0.5, 0.6) is 0 Å². The van der Waals surface area contributed by atoms with Crippen molar-refractivity contribution in [2.45, 2.75) is 0 Å². The van der Waals surface area contributed by atoms with E-state index in [-0.39, 0.29) is 103 Å². The zero-order valence-corrected chi connectivity index (χ0v) is 15.4. The Morgan fingerprint density at radius 1 is 0.857 bits per heavy atom.